The molecule has 0 aliphatic carbocycles. The average molecular weight is 597 g/mol. The van der Waals surface area contributed by atoms with Crippen molar-refractivity contribution in [3.8, 4) is 45.3 Å². The molecule has 2 aliphatic rings. The van der Waals surface area contributed by atoms with Crippen LogP contribution in [0.5, 0.6) is 23.0 Å². The minimum atomic E-state index is -0.270. The summed E-state index contributed by atoms with van der Waals surface area (Å²) in [4.78, 5) is 18.7. The fourth-order valence-corrected chi connectivity index (χ4v) is 5.82. The highest BCUT2D eigenvalue weighted by molar-refractivity contribution is 6.16. The van der Waals surface area contributed by atoms with E-state index in [9.17, 15) is 15.0 Å². The number of carbonyl (C=O) groups excluding carboxylic acids is 1. The van der Waals surface area contributed by atoms with Gasteiger partial charge >= 0.3 is 0 Å². The van der Waals surface area contributed by atoms with E-state index in [1.165, 1.54) is 0 Å². The van der Waals surface area contributed by atoms with Crippen molar-refractivity contribution in [2.45, 2.75) is 0 Å². The van der Waals surface area contributed by atoms with Crippen molar-refractivity contribution in [3.05, 3.63) is 83.9 Å². The van der Waals surface area contributed by atoms with Crippen molar-refractivity contribution < 1.29 is 34.0 Å². The molecule has 0 unspecified atom stereocenters. The molecule has 0 spiro atoms. The second-order valence-corrected chi connectivity index (χ2v) is 10.8. The van der Waals surface area contributed by atoms with Crippen LogP contribution in [0.3, 0.4) is 0 Å². The molecule has 0 saturated carbocycles. The Labute approximate surface area is 256 Å². The number of ketones is 1. The van der Waals surface area contributed by atoms with E-state index in [1.54, 1.807) is 62.8 Å². The summed E-state index contributed by atoms with van der Waals surface area (Å²) in [7, 11) is 3.12. The van der Waals surface area contributed by atoms with Crippen LogP contribution in [-0.2, 0) is 9.47 Å². The topological polar surface area (TPSA) is 101 Å². The second kappa shape index (κ2) is 12.9. The predicted octanol–water partition coefficient (Wildman–Crippen LogP) is 5.35. The van der Waals surface area contributed by atoms with E-state index in [2.05, 4.69) is 9.80 Å². The Bertz CT molecular complexity index is 1540. The number of benzene rings is 4. The first-order valence-corrected chi connectivity index (χ1v) is 14.7. The summed E-state index contributed by atoms with van der Waals surface area (Å²) in [6.07, 6.45) is 0. The summed E-state index contributed by atoms with van der Waals surface area (Å²) in [6.45, 7) is 5.48. The number of phenols is 2. The molecule has 44 heavy (non-hydrogen) atoms. The van der Waals surface area contributed by atoms with Crippen LogP contribution in [0, 0.1) is 0 Å². The fourth-order valence-electron chi connectivity index (χ4n) is 5.82. The van der Waals surface area contributed by atoms with Gasteiger partial charge in [0.2, 0.25) is 0 Å². The maximum atomic E-state index is 14.4. The van der Waals surface area contributed by atoms with Gasteiger partial charge in [-0.1, -0.05) is 0 Å². The van der Waals surface area contributed by atoms with E-state index in [0.29, 0.717) is 71.3 Å². The molecular weight excluding hydrogens is 560 g/mol. The maximum absolute atomic E-state index is 14.4. The first kappa shape index (κ1) is 29.3. The van der Waals surface area contributed by atoms with Gasteiger partial charge in [-0.3, -0.25) is 4.79 Å². The van der Waals surface area contributed by atoms with Crippen LogP contribution < -0.4 is 19.3 Å². The molecule has 0 aromatic heterocycles. The number of aromatic hydroxyl groups is 2. The molecule has 9 nitrogen and oxygen atoms in total. The van der Waals surface area contributed by atoms with Gasteiger partial charge in [-0.15, -0.1) is 0 Å². The molecule has 0 bridgehead atoms. The monoisotopic (exact) mass is 596 g/mol. The third-order valence-corrected chi connectivity index (χ3v) is 8.24. The minimum absolute atomic E-state index is 0.0580. The summed E-state index contributed by atoms with van der Waals surface area (Å²) in [5.74, 6) is 0.956. The lowest BCUT2D eigenvalue weighted by Gasteiger charge is -2.29. The Balaban J connectivity index is 1.41. The van der Waals surface area contributed by atoms with E-state index in [0.717, 1.165) is 37.6 Å². The summed E-state index contributed by atoms with van der Waals surface area (Å²) in [5.41, 5.74) is 4.64. The van der Waals surface area contributed by atoms with Crippen LogP contribution in [0.1, 0.15) is 15.9 Å². The number of methoxy groups -OCH3 is 2. The van der Waals surface area contributed by atoms with Crippen molar-refractivity contribution >= 4 is 17.2 Å². The average Bonchev–Trinajstić information content (AvgIpc) is 3.08. The van der Waals surface area contributed by atoms with Gasteiger partial charge in [0.1, 0.15) is 23.0 Å². The normalized spacial score (nSPS) is 15.2. The third-order valence-electron chi connectivity index (χ3n) is 8.24. The van der Waals surface area contributed by atoms with Crippen molar-refractivity contribution in [2.75, 3.05) is 76.6 Å². The third kappa shape index (κ3) is 5.89. The number of anilines is 2. The molecule has 6 rings (SSSR count). The lowest BCUT2D eigenvalue weighted by Crippen LogP contribution is -2.36. The number of nitrogens with zero attached hydrogens (tertiary/aromatic N) is 2. The molecule has 4 aromatic rings. The van der Waals surface area contributed by atoms with Gasteiger partial charge < -0.3 is 39.0 Å². The highest BCUT2D eigenvalue weighted by Gasteiger charge is 2.24. The highest BCUT2D eigenvalue weighted by Crippen LogP contribution is 2.41. The van der Waals surface area contributed by atoms with Crippen LogP contribution in [-0.4, -0.2) is 82.8 Å². The summed E-state index contributed by atoms with van der Waals surface area (Å²) >= 11 is 0. The summed E-state index contributed by atoms with van der Waals surface area (Å²) in [6, 6.07) is 21.4. The lowest BCUT2D eigenvalue weighted by atomic mass is 9.89. The van der Waals surface area contributed by atoms with Gasteiger partial charge in [0.05, 0.1) is 40.6 Å². The van der Waals surface area contributed by atoms with Gasteiger partial charge in [0.15, 0.2) is 5.78 Å². The SMILES string of the molecule is COc1ccc(C(=O)c2ccc(OC)cc2-c2ccc(N3CCOCC3)cc2O)c(-c2ccc(N3CCOCC3)cc2O)c1. The van der Waals surface area contributed by atoms with Crippen molar-refractivity contribution in [3.63, 3.8) is 0 Å². The number of phenolic OH excluding ortho intramolecular Hbond substituents is 2. The van der Waals surface area contributed by atoms with Crippen LogP contribution in [0.2, 0.25) is 0 Å². The molecule has 2 aliphatic heterocycles. The van der Waals surface area contributed by atoms with Crippen LogP contribution in [0.25, 0.3) is 22.3 Å². The lowest BCUT2D eigenvalue weighted by molar-refractivity contribution is 0.104. The summed E-state index contributed by atoms with van der Waals surface area (Å²) in [5, 5.41) is 22.4. The zero-order chi connectivity index (χ0) is 30.6. The molecule has 0 amide bonds. The first-order chi connectivity index (χ1) is 21.5. The van der Waals surface area contributed by atoms with Crippen LogP contribution >= 0.6 is 0 Å². The van der Waals surface area contributed by atoms with Gasteiger partial charge in [0, 0.05) is 83.1 Å². The molecule has 0 atom stereocenters. The van der Waals surface area contributed by atoms with Gasteiger partial charge in [-0.2, -0.15) is 0 Å². The zero-order valence-corrected chi connectivity index (χ0v) is 24.9. The first-order valence-electron chi connectivity index (χ1n) is 14.7. The fraction of sp³-hybridized carbons (Fsp3) is 0.286. The molecule has 9 heteroatoms. The standard InChI is InChI=1S/C35H36N2O7/c1-41-25-5-9-29(31(21-25)27-7-3-23(19-33(27)38)36-11-15-43-16-12-36)35(40)30-10-6-26(42-2)22-32(30)28-8-4-24(20-34(28)39)37-13-17-44-18-14-37/h3-10,19-22,38-39H,11-18H2,1-2H3. The van der Waals surface area contributed by atoms with Crippen LogP contribution in [0.4, 0.5) is 11.4 Å². The number of morpholine rings is 2. The van der Waals surface area contributed by atoms with Gasteiger partial charge in [-0.05, 0) is 60.7 Å². The molecule has 228 valence electrons. The van der Waals surface area contributed by atoms with Crippen LogP contribution in [0.15, 0.2) is 72.8 Å². The number of ether oxygens (including phenoxy) is 4. The molecule has 2 N–H and O–H groups in total. The maximum Gasteiger partial charge on any atom is 0.194 e. The van der Waals surface area contributed by atoms with Gasteiger partial charge in [-0.25, -0.2) is 0 Å². The molecular formula is C35H36N2O7. The molecule has 2 saturated heterocycles. The highest BCUT2D eigenvalue weighted by atomic mass is 16.5. The molecule has 0 radical (unpaired) electrons. The number of rotatable bonds is 8. The predicted molar refractivity (Wildman–Crippen MR) is 170 cm³/mol. The molecule has 4 aromatic carbocycles. The van der Waals surface area contributed by atoms with Crippen molar-refractivity contribution in [1.29, 1.82) is 0 Å². The molecule has 2 fully saturated rings. The Kier molecular flexibility index (Phi) is 8.58. The number of hydrogen-bond donors (Lipinski definition) is 2. The minimum Gasteiger partial charge on any atom is -0.507 e. The Morgan fingerprint density at radius 3 is 1.36 bits per heavy atom. The number of hydrogen-bond acceptors (Lipinski definition) is 9. The number of carbonyl (C=O) groups is 1. The smallest absolute Gasteiger partial charge is 0.194 e. The van der Waals surface area contributed by atoms with E-state index in [4.69, 9.17) is 18.9 Å². The van der Waals surface area contributed by atoms with E-state index in [-0.39, 0.29) is 17.3 Å². The Morgan fingerprint density at radius 1 is 0.591 bits per heavy atom. The largest absolute Gasteiger partial charge is 0.507 e. The summed E-state index contributed by atoms with van der Waals surface area (Å²) < 4.78 is 21.9. The van der Waals surface area contributed by atoms with Crippen molar-refractivity contribution in [2.24, 2.45) is 0 Å². The quantitative estimate of drug-likeness (QED) is 0.261. The molecule has 2 heterocycles. The van der Waals surface area contributed by atoms with E-state index >= 15 is 0 Å². The van der Waals surface area contributed by atoms with Gasteiger partial charge in [0.25, 0.3) is 0 Å². The van der Waals surface area contributed by atoms with E-state index < -0.39 is 0 Å². The second-order valence-electron chi connectivity index (χ2n) is 10.8. The Morgan fingerprint density at radius 2 is 1.00 bits per heavy atom. The Hall–Kier alpha value is -4.73. The zero-order valence-electron chi connectivity index (χ0n) is 24.9. The van der Waals surface area contributed by atoms with E-state index in [1.807, 2.05) is 24.3 Å². The van der Waals surface area contributed by atoms with Crippen molar-refractivity contribution in [1.82, 2.24) is 0 Å².